The molecule has 2 rings (SSSR count). The van der Waals surface area contributed by atoms with Gasteiger partial charge in [0.25, 0.3) is 0 Å². The van der Waals surface area contributed by atoms with Gasteiger partial charge in [-0.15, -0.1) is 0 Å². The smallest absolute Gasteiger partial charge is 0.220 e. The van der Waals surface area contributed by atoms with Crippen molar-refractivity contribution in [3.8, 4) is 0 Å². The van der Waals surface area contributed by atoms with Crippen LogP contribution < -0.4 is 5.32 Å². The van der Waals surface area contributed by atoms with Crippen LogP contribution in [0.25, 0.3) is 0 Å². The highest BCUT2D eigenvalue weighted by Crippen LogP contribution is 2.30. The molecule has 2 aliphatic rings. The predicted molar refractivity (Wildman–Crippen MR) is 351 cm³/mol. The lowest BCUT2D eigenvalue weighted by atomic mass is 9.97. The van der Waals surface area contributed by atoms with E-state index in [0.717, 1.165) is 44.9 Å². The molecule has 0 aromatic rings. The van der Waals surface area contributed by atoms with Gasteiger partial charge in [-0.05, 0) is 44.9 Å². The third kappa shape index (κ3) is 40.8. The highest BCUT2D eigenvalue weighted by Gasteiger charge is 2.51. The lowest BCUT2D eigenvalue weighted by molar-refractivity contribution is -0.359. The molecule has 2 aliphatic heterocycles. The van der Waals surface area contributed by atoms with E-state index < -0.39 is 86.8 Å². The van der Waals surface area contributed by atoms with Crippen LogP contribution in [0.5, 0.6) is 0 Å². The summed E-state index contributed by atoms with van der Waals surface area (Å²) in [4.78, 5) is 13.3. The highest BCUT2D eigenvalue weighted by molar-refractivity contribution is 5.76. The van der Waals surface area contributed by atoms with Gasteiger partial charge in [-0.2, -0.15) is 0 Å². The molecule has 2 fully saturated rings. The van der Waals surface area contributed by atoms with Gasteiger partial charge in [0.2, 0.25) is 5.91 Å². The van der Waals surface area contributed by atoms with Crippen LogP contribution in [0.2, 0.25) is 0 Å². The van der Waals surface area contributed by atoms with E-state index in [4.69, 9.17) is 18.9 Å². The maximum Gasteiger partial charge on any atom is 0.220 e. The number of carbonyl (C=O) groups excluding carboxylic acids is 1. The van der Waals surface area contributed by atoms with E-state index in [-0.39, 0.29) is 18.9 Å². The summed E-state index contributed by atoms with van der Waals surface area (Å²) in [5.41, 5.74) is 0. The van der Waals surface area contributed by atoms with Crippen molar-refractivity contribution in [2.45, 2.75) is 396 Å². The summed E-state index contributed by atoms with van der Waals surface area (Å²) in [5.74, 6) is -0.247. The fourth-order valence-electron chi connectivity index (χ4n) is 12.0. The minimum Gasteiger partial charge on any atom is -0.394 e. The Morgan fingerprint density at radius 3 is 1.14 bits per heavy atom. The molecule has 12 unspecified atom stereocenters. The van der Waals surface area contributed by atoms with E-state index in [0.29, 0.717) is 12.8 Å². The van der Waals surface area contributed by atoms with Crippen LogP contribution in [-0.4, -0.2) is 140 Å². The summed E-state index contributed by atoms with van der Waals surface area (Å²) in [7, 11) is 0. The second-order valence-corrected chi connectivity index (χ2v) is 25.7. The molecule has 0 spiro atoms. The van der Waals surface area contributed by atoms with Crippen molar-refractivity contribution in [3.63, 3.8) is 0 Å². The van der Waals surface area contributed by atoms with Crippen molar-refractivity contribution in [3.05, 3.63) is 36.5 Å². The second kappa shape index (κ2) is 57.1. The van der Waals surface area contributed by atoms with Gasteiger partial charge in [0, 0.05) is 6.42 Å². The first-order valence-corrected chi connectivity index (χ1v) is 36.2. The molecule has 1 amide bonds. The largest absolute Gasteiger partial charge is 0.394 e. The van der Waals surface area contributed by atoms with Crippen LogP contribution in [0, 0.1) is 0 Å². The SMILES string of the molecule is CCCCCCCCCCCCCCCCCCCCC/C=C/CC/C=C/CC/C=C/C(O)C(COC1OC(CO)C(OC2OC(CO)C(O)C(O)C2O)C(O)C1O)NC(=O)CCCCCCCCCCCCCCCCCCCCCCCCC. The Morgan fingerprint density at radius 2 is 0.744 bits per heavy atom. The molecule has 506 valence electrons. The Bertz CT molecular complexity index is 1580. The number of aliphatic hydroxyl groups is 8. The number of amides is 1. The van der Waals surface area contributed by atoms with Gasteiger partial charge < -0.3 is 65.1 Å². The number of allylic oxidation sites excluding steroid dienone is 5. The van der Waals surface area contributed by atoms with Crippen molar-refractivity contribution in [2.75, 3.05) is 19.8 Å². The topological polar surface area (TPSA) is 228 Å². The number of aliphatic hydroxyl groups excluding tert-OH is 8. The zero-order chi connectivity index (χ0) is 62.3. The van der Waals surface area contributed by atoms with E-state index in [1.54, 1.807) is 6.08 Å². The van der Waals surface area contributed by atoms with Gasteiger partial charge in [0.1, 0.15) is 48.8 Å². The molecule has 2 heterocycles. The average Bonchev–Trinajstić information content (AvgIpc) is 2.54. The van der Waals surface area contributed by atoms with Crippen molar-refractivity contribution >= 4 is 5.91 Å². The summed E-state index contributed by atoms with van der Waals surface area (Å²) in [6, 6.07) is -0.937. The fourth-order valence-corrected chi connectivity index (χ4v) is 12.0. The molecular formula is C72H135NO13. The fraction of sp³-hybridized carbons (Fsp3) is 0.903. The molecule has 0 radical (unpaired) electrons. The lowest BCUT2D eigenvalue weighted by Gasteiger charge is -2.46. The number of unbranched alkanes of at least 4 members (excludes halogenated alkanes) is 43. The molecule has 0 saturated carbocycles. The average molecular weight is 1220 g/mol. The van der Waals surface area contributed by atoms with E-state index in [1.165, 1.54) is 244 Å². The number of hydrogen-bond acceptors (Lipinski definition) is 13. The van der Waals surface area contributed by atoms with Gasteiger partial charge >= 0.3 is 0 Å². The molecule has 9 N–H and O–H groups in total. The summed E-state index contributed by atoms with van der Waals surface area (Å²) in [6.45, 7) is 2.83. The summed E-state index contributed by atoms with van der Waals surface area (Å²) in [5, 5.41) is 87.4. The van der Waals surface area contributed by atoms with Crippen LogP contribution in [-0.2, 0) is 23.7 Å². The second-order valence-electron chi connectivity index (χ2n) is 25.7. The Labute approximate surface area is 525 Å². The molecule has 0 bridgehead atoms. The Morgan fingerprint density at radius 1 is 0.407 bits per heavy atom. The zero-order valence-electron chi connectivity index (χ0n) is 55.1. The highest BCUT2D eigenvalue weighted by atomic mass is 16.7. The number of ether oxygens (including phenoxy) is 4. The monoisotopic (exact) mass is 1220 g/mol. The number of carbonyl (C=O) groups is 1. The maximum atomic E-state index is 13.3. The lowest BCUT2D eigenvalue weighted by Crippen LogP contribution is -2.65. The molecule has 0 aliphatic carbocycles. The summed E-state index contributed by atoms with van der Waals surface area (Å²) in [6.07, 6.45) is 56.4. The van der Waals surface area contributed by atoms with Crippen molar-refractivity contribution < 1.29 is 64.6 Å². The van der Waals surface area contributed by atoms with Crippen LogP contribution in [0.1, 0.15) is 322 Å². The van der Waals surface area contributed by atoms with Crippen LogP contribution in [0.4, 0.5) is 0 Å². The number of hydrogen-bond donors (Lipinski definition) is 9. The van der Waals surface area contributed by atoms with E-state index in [9.17, 15) is 45.6 Å². The van der Waals surface area contributed by atoms with E-state index in [1.807, 2.05) is 6.08 Å². The molecule has 14 nitrogen and oxygen atoms in total. The minimum absolute atomic E-state index is 0.247. The van der Waals surface area contributed by atoms with Gasteiger partial charge in [-0.3, -0.25) is 4.79 Å². The number of nitrogens with one attached hydrogen (secondary N) is 1. The summed E-state index contributed by atoms with van der Waals surface area (Å²) >= 11 is 0. The number of rotatable bonds is 60. The third-order valence-electron chi connectivity index (χ3n) is 17.8. The van der Waals surface area contributed by atoms with E-state index >= 15 is 0 Å². The van der Waals surface area contributed by atoms with Crippen LogP contribution >= 0.6 is 0 Å². The Balaban J connectivity index is 1.69. The quantitative estimate of drug-likeness (QED) is 0.0204. The van der Waals surface area contributed by atoms with Crippen molar-refractivity contribution in [1.29, 1.82) is 0 Å². The van der Waals surface area contributed by atoms with Gasteiger partial charge in [0.05, 0.1) is 32.0 Å². The minimum atomic E-state index is -1.79. The zero-order valence-corrected chi connectivity index (χ0v) is 55.1. The standard InChI is InChI=1S/C72H135NO13/c1-3-5-7-9-11-13-15-17-19-21-23-25-27-28-29-30-31-32-34-35-37-39-41-43-45-47-49-51-53-55-61(76)60(59-83-71-69(82)67(80)70(63(58-75)85-71)86-72-68(81)66(79)65(78)62(57-74)84-72)73-64(77)56-54-52-50-48-46-44-42-40-38-36-33-26-24-22-20-18-16-14-12-10-8-6-4-2/h37,39,45,47,53,55,60-63,65-72,74-76,78-82H,3-36,38,40-44,46,48-52,54,56-59H2,1-2H3,(H,73,77)/b39-37+,47-45+,55-53+. The Kier molecular flexibility index (Phi) is 53.4. The van der Waals surface area contributed by atoms with Gasteiger partial charge in [-0.1, -0.05) is 307 Å². The molecule has 2 saturated heterocycles. The van der Waals surface area contributed by atoms with Crippen LogP contribution in [0.15, 0.2) is 36.5 Å². The molecule has 14 heteroatoms. The van der Waals surface area contributed by atoms with Gasteiger partial charge in [0.15, 0.2) is 12.6 Å². The molecule has 86 heavy (non-hydrogen) atoms. The van der Waals surface area contributed by atoms with Crippen molar-refractivity contribution in [2.24, 2.45) is 0 Å². The predicted octanol–water partition coefficient (Wildman–Crippen LogP) is 14.9. The molecular weight excluding hydrogens is 1090 g/mol. The normalized spacial score (nSPS) is 23.6. The first kappa shape index (κ1) is 80.3. The Hall–Kier alpha value is -1.79. The molecule has 0 aromatic heterocycles. The van der Waals surface area contributed by atoms with Gasteiger partial charge in [-0.25, -0.2) is 0 Å². The maximum absolute atomic E-state index is 13.3. The summed E-state index contributed by atoms with van der Waals surface area (Å²) < 4.78 is 22.8. The molecule has 12 atom stereocenters. The first-order valence-electron chi connectivity index (χ1n) is 36.2. The van der Waals surface area contributed by atoms with Crippen molar-refractivity contribution in [1.82, 2.24) is 5.32 Å². The molecule has 0 aromatic carbocycles. The first-order chi connectivity index (χ1) is 42.1. The third-order valence-corrected chi connectivity index (χ3v) is 17.8. The van der Waals surface area contributed by atoms with E-state index in [2.05, 4.69) is 43.5 Å². The van der Waals surface area contributed by atoms with Crippen LogP contribution in [0.3, 0.4) is 0 Å².